The van der Waals surface area contributed by atoms with E-state index in [-0.39, 0.29) is 11.7 Å². The van der Waals surface area contributed by atoms with Crippen LogP contribution < -0.4 is 4.90 Å². The number of carbonyl (C=O) groups is 1. The van der Waals surface area contributed by atoms with Gasteiger partial charge in [0.15, 0.2) is 0 Å². The molecule has 5 rings (SSSR count). The highest BCUT2D eigenvalue weighted by atomic mass is 19.1. The quantitative estimate of drug-likeness (QED) is 0.707. The van der Waals surface area contributed by atoms with Gasteiger partial charge in [0.25, 0.3) is 0 Å². The van der Waals surface area contributed by atoms with E-state index in [4.69, 9.17) is 4.98 Å². The largest absolute Gasteiger partial charge is 0.341 e. The lowest BCUT2D eigenvalue weighted by Crippen LogP contribution is -2.47. The summed E-state index contributed by atoms with van der Waals surface area (Å²) in [6, 6.07) is 14.7. The highest BCUT2D eigenvalue weighted by Gasteiger charge is 2.45. The van der Waals surface area contributed by atoms with E-state index in [1.54, 1.807) is 12.1 Å². The van der Waals surface area contributed by atoms with Crippen LogP contribution in [-0.4, -0.2) is 47.0 Å². The molecule has 0 unspecified atom stereocenters. The number of aromatic nitrogens is 2. The van der Waals surface area contributed by atoms with Gasteiger partial charge in [-0.1, -0.05) is 37.1 Å². The summed E-state index contributed by atoms with van der Waals surface area (Å²) in [5.41, 5.74) is 2.25. The molecule has 1 saturated carbocycles. The predicted molar refractivity (Wildman–Crippen MR) is 116 cm³/mol. The fourth-order valence-corrected chi connectivity index (χ4v) is 5.11. The van der Waals surface area contributed by atoms with Crippen molar-refractivity contribution in [2.24, 2.45) is 0 Å². The Bertz CT molecular complexity index is 1020. The third-order valence-electron chi connectivity index (χ3n) is 6.70. The van der Waals surface area contributed by atoms with Crippen LogP contribution in [0.1, 0.15) is 37.7 Å². The van der Waals surface area contributed by atoms with Crippen molar-refractivity contribution in [2.75, 3.05) is 31.1 Å². The number of aromatic amines is 1. The Balaban J connectivity index is 1.36. The number of amides is 1. The molecule has 1 N–H and O–H groups in total. The van der Waals surface area contributed by atoms with Gasteiger partial charge in [-0.15, -0.1) is 0 Å². The summed E-state index contributed by atoms with van der Waals surface area (Å²) in [6.45, 7) is 2.99. The zero-order valence-electron chi connectivity index (χ0n) is 17.1. The maximum absolute atomic E-state index is 13.9. The number of fused-ring (bicyclic) bond motifs is 1. The van der Waals surface area contributed by atoms with Crippen LogP contribution in [0.3, 0.4) is 0 Å². The van der Waals surface area contributed by atoms with Crippen molar-refractivity contribution in [3.63, 3.8) is 0 Å². The van der Waals surface area contributed by atoms with Crippen LogP contribution in [0.15, 0.2) is 48.5 Å². The predicted octanol–water partition coefficient (Wildman–Crippen LogP) is 4.25. The fourth-order valence-electron chi connectivity index (χ4n) is 5.11. The van der Waals surface area contributed by atoms with E-state index >= 15 is 0 Å². The second-order valence-electron chi connectivity index (χ2n) is 8.51. The summed E-state index contributed by atoms with van der Waals surface area (Å²) >= 11 is 0. The molecule has 3 aromatic rings. The van der Waals surface area contributed by atoms with Crippen LogP contribution in [0.4, 0.5) is 10.3 Å². The van der Waals surface area contributed by atoms with Gasteiger partial charge in [0, 0.05) is 26.2 Å². The van der Waals surface area contributed by atoms with E-state index < -0.39 is 5.41 Å². The molecule has 2 heterocycles. The molecule has 2 aliphatic rings. The van der Waals surface area contributed by atoms with Gasteiger partial charge < -0.3 is 14.8 Å². The average molecular weight is 407 g/mol. The maximum atomic E-state index is 13.9. The number of imidazole rings is 1. The van der Waals surface area contributed by atoms with Crippen LogP contribution in [0.2, 0.25) is 0 Å². The standard InChI is InChI=1S/C24H27FN4O/c25-19-8-5-7-18(17-19)24(11-3-4-12-24)22(30)28-13-6-14-29(16-15-28)23-26-20-9-1-2-10-21(20)27-23/h1-2,5,7-10,17H,3-4,6,11-16H2,(H,26,27). The maximum Gasteiger partial charge on any atom is 0.233 e. The van der Waals surface area contributed by atoms with E-state index in [2.05, 4.69) is 9.88 Å². The molecular formula is C24H27FN4O. The molecule has 0 radical (unpaired) electrons. The molecule has 2 fully saturated rings. The number of benzene rings is 2. The van der Waals surface area contributed by atoms with Crippen molar-refractivity contribution in [2.45, 2.75) is 37.5 Å². The molecule has 1 saturated heterocycles. The lowest BCUT2D eigenvalue weighted by atomic mass is 9.77. The summed E-state index contributed by atoms with van der Waals surface area (Å²) in [7, 11) is 0. The van der Waals surface area contributed by atoms with Gasteiger partial charge in [0.05, 0.1) is 16.4 Å². The SMILES string of the molecule is O=C(N1CCCN(c2nc3ccccc3[nH]2)CC1)C1(c2cccc(F)c2)CCCC1. The summed E-state index contributed by atoms with van der Waals surface area (Å²) in [5, 5.41) is 0. The fraction of sp³-hybridized carbons (Fsp3) is 0.417. The third kappa shape index (κ3) is 3.34. The Hall–Kier alpha value is -2.89. The van der Waals surface area contributed by atoms with E-state index in [0.29, 0.717) is 6.54 Å². The Morgan fingerprint density at radius 2 is 1.80 bits per heavy atom. The first kappa shape index (κ1) is 19.1. The van der Waals surface area contributed by atoms with Gasteiger partial charge >= 0.3 is 0 Å². The number of carbonyl (C=O) groups excluding carboxylic acids is 1. The van der Waals surface area contributed by atoms with Gasteiger partial charge in [-0.25, -0.2) is 9.37 Å². The molecule has 0 spiro atoms. The van der Waals surface area contributed by atoms with Crippen molar-refractivity contribution in [3.8, 4) is 0 Å². The minimum atomic E-state index is -0.573. The number of H-pyrrole nitrogens is 1. The van der Waals surface area contributed by atoms with Gasteiger partial charge in [-0.3, -0.25) is 4.79 Å². The van der Waals surface area contributed by atoms with E-state index in [1.807, 2.05) is 35.2 Å². The monoisotopic (exact) mass is 406 g/mol. The van der Waals surface area contributed by atoms with Gasteiger partial charge in [0.2, 0.25) is 11.9 Å². The highest BCUT2D eigenvalue weighted by Crippen LogP contribution is 2.43. The molecule has 156 valence electrons. The molecule has 2 aromatic carbocycles. The highest BCUT2D eigenvalue weighted by molar-refractivity contribution is 5.89. The Labute approximate surface area is 175 Å². The number of nitrogens with zero attached hydrogens (tertiary/aromatic N) is 3. The lowest BCUT2D eigenvalue weighted by Gasteiger charge is -2.34. The third-order valence-corrected chi connectivity index (χ3v) is 6.70. The number of rotatable bonds is 3. The summed E-state index contributed by atoms with van der Waals surface area (Å²) in [5.74, 6) is 0.766. The molecule has 1 aromatic heterocycles. The minimum Gasteiger partial charge on any atom is -0.341 e. The van der Waals surface area contributed by atoms with Crippen LogP contribution >= 0.6 is 0 Å². The summed E-state index contributed by atoms with van der Waals surface area (Å²) < 4.78 is 13.9. The van der Waals surface area contributed by atoms with Crippen molar-refractivity contribution in [3.05, 3.63) is 59.9 Å². The Morgan fingerprint density at radius 1 is 0.967 bits per heavy atom. The van der Waals surface area contributed by atoms with Gasteiger partial charge in [0.1, 0.15) is 5.82 Å². The van der Waals surface area contributed by atoms with Crippen LogP contribution in [0, 0.1) is 5.82 Å². The van der Waals surface area contributed by atoms with Crippen molar-refractivity contribution < 1.29 is 9.18 Å². The lowest BCUT2D eigenvalue weighted by molar-refractivity contribution is -0.137. The van der Waals surface area contributed by atoms with Crippen LogP contribution in [0.25, 0.3) is 11.0 Å². The molecule has 0 atom stereocenters. The summed E-state index contributed by atoms with van der Waals surface area (Å²) in [4.78, 5) is 26.1. The Morgan fingerprint density at radius 3 is 2.60 bits per heavy atom. The van der Waals surface area contributed by atoms with Crippen molar-refractivity contribution in [1.29, 1.82) is 0 Å². The number of nitrogens with one attached hydrogen (secondary N) is 1. The molecule has 1 aliphatic heterocycles. The number of hydrogen-bond donors (Lipinski definition) is 1. The van der Waals surface area contributed by atoms with Crippen LogP contribution in [-0.2, 0) is 10.2 Å². The number of halogens is 1. The molecule has 1 aliphatic carbocycles. The Kier molecular flexibility index (Phi) is 4.93. The average Bonchev–Trinajstić information content (AvgIpc) is 3.35. The second-order valence-corrected chi connectivity index (χ2v) is 8.51. The van der Waals surface area contributed by atoms with Gasteiger partial charge in [-0.05, 0) is 49.1 Å². The zero-order valence-corrected chi connectivity index (χ0v) is 17.1. The summed E-state index contributed by atoms with van der Waals surface area (Å²) in [6.07, 6.45) is 4.53. The molecule has 6 heteroatoms. The number of hydrogen-bond acceptors (Lipinski definition) is 3. The normalized spacial score (nSPS) is 19.2. The van der Waals surface area contributed by atoms with Gasteiger partial charge in [-0.2, -0.15) is 0 Å². The topological polar surface area (TPSA) is 52.2 Å². The number of anilines is 1. The first-order valence-electron chi connectivity index (χ1n) is 10.9. The molecule has 0 bridgehead atoms. The molecule has 5 nitrogen and oxygen atoms in total. The van der Waals surface area contributed by atoms with Crippen LogP contribution in [0.5, 0.6) is 0 Å². The van der Waals surface area contributed by atoms with E-state index in [1.165, 1.54) is 6.07 Å². The zero-order chi connectivity index (χ0) is 20.6. The van der Waals surface area contributed by atoms with Crippen molar-refractivity contribution >= 4 is 22.9 Å². The first-order valence-corrected chi connectivity index (χ1v) is 10.9. The van der Waals surface area contributed by atoms with E-state index in [9.17, 15) is 9.18 Å². The smallest absolute Gasteiger partial charge is 0.233 e. The number of para-hydroxylation sites is 2. The minimum absolute atomic E-state index is 0.164. The molecule has 1 amide bonds. The van der Waals surface area contributed by atoms with E-state index in [0.717, 1.165) is 74.3 Å². The molecular weight excluding hydrogens is 379 g/mol. The van der Waals surface area contributed by atoms with Crippen molar-refractivity contribution in [1.82, 2.24) is 14.9 Å². The second kappa shape index (κ2) is 7.74. The molecule has 30 heavy (non-hydrogen) atoms. The first-order chi connectivity index (χ1) is 14.7.